The summed E-state index contributed by atoms with van der Waals surface area (Å²) in [5.41, 5.74) is 0.741. The fraction of sp³-hybridized carbons (Fsp3) is 0.462. The van der Waals surface area contributed by atoms with Crippen LogP contribution in [0.25, 0.3) is 0 Å². The van der Waals surface area contributed by atoms with Crippen LogP contribution >= 0.6 is 0 Å². The third-order valence-electron chi connectivity index (χ3n) is 2.65. The van der Waals surface area contributed by atoms with E-state index >= 15 is 0 Å². The Bertz CT molecular complexity index is 431. The van der Waals surface area contributed by atoms with Gasteiger partial charge in [-0.3, -0.25) is 4.79 Å². The van der Waals surface area contributed by atoms with Gasteiger partial charge in [0.15, 0.2) is 0 Å². The van der Waals surface area contributed by atoms with E-state index in [1.54, 1.807) is 7.05 Å². The Morgan fingerprint density at radius 1 is 1.30 bits per heavy atom. The van der Waals surface area contributed by atoms with Crippen LogP contribution in [0, 0.1) is 0 Å². The van der Waals surface area contributed by atoms with Crippen molar-refractivity contribution in [2.24, 2.45) is 0 Å². The van der Waals surface area contributed by atoms with E-state index in [1.807, 2.05) is 0 Å². The molecule has 0 saturated carbocycles. The number of carbonyl (C=O) groups is 1. The molecule has 0 radical (unpaired) electrons. The van der Waals surface area contributed by atoms with Crippen molar-refractivity contribution in [3.05, 3.63) is 29.8 Å². The maximum Gasteiger partial charge on any atom is 0.573 e. The van der Waals surface area contributed by atoms with Crippen molar-refractivity contribution in [1.29, 1.82) is 0 Å². The van der Waals surface area contributed by atoms with Gasteiger partial charge in [-0.2, -0.15) is 0 Å². The number of ether oxygens (including phenoxy) is 1. The van der Waals surface area contributed by atoms with Gasteiger partial charge in [0.1, 0.15) is 5.75 Å². The van der Waals surface area contributed by atoms with Crippen molar-refractivity contribution < 1.29 is 27.8 Å². The smallest absolute Gasteiger partial charge is 0.406 e. The summed E-state index contributed by atoms with van der Waals surface area (Å²) in [6.07, 6.45) is -4.05. The standard InChI is InChI=1S/C13H16F3NO3/c1-17(8-9-18)12(19)7-4-10-2-5-11(6-3-10)20-13(14,15)16/h2-3,5-6,18H,4,7-9H2,1H3. The summed E-state index contributed by atoms with van der Waals surface area (Å²) in [7, 11) is 1.58. The van der Waals surface area contributed by atoms with E-state index < -0.39 is 6.36 Å². The molecule has 1 aromatic carbocycles. The Kier molecular flexibility index (Phi) is 5.82. The molecular weight excluding hydrogens is 275 g/mol. The van der Waals surface area contributed by atoms with Crippen LogP contribution < -0.4 is 4.74 Å². The summed E-state index contributed by atoms with van der Waals surface area (Å²) in [6.45, 7) is 0.156. The van der Waals surface area contributed by atoms with Gasteiger partial charge in [0.05, 0.1) is 6.61 Å². The van der Waals surface area contributed by atoms with Gasteiger partial charge in [-0.1, -0.05) is 12.1 Å². The molecule has 20 heavy (non-hydrogen) atoms. The largest absolute Gasteiger partial charge is 0.573 e. The first-order valence-electron chi connectivity index (χ1n) is 6.01. The Balaban J connectivity index is 2.48. The first kappa shape index (κ1) is 16.3. The highest BCUT2D eigenvalue weighted by Gasteiger charge is 2.30. The molecule has 1 amide bonds. The van der Waals surface area contributed by atoms with Gasteiger partial charge in [-0.25, -0.2) is 0 Å². The molecule has 0 fully saturated rings. The fourth-order valence-electron chi connectivity index (χ4n) is 1.57. The number of likely N-dealkylation sites (N-methyl/N-ethyl adjacent to an activating group) is 1. The topological polar surface area (TPSA) is 49.8 Å². The molecule has 0 aliphatic carbocycles. The van der Waals surface area contributed by atoms with E-state index in [0.29, 0.717) is 6.42 Å². The lowest BCUT2D eigenvalue weighted by atomic mass is 10.1. The van der Waals surface area contributed by atoms with Gasteiger partial charge in [0.25, 0.3) is 0 Å². The van der Waals surface area contributed by atoms with Gasteiger partial charge in [0, 0.05) is 20.0 Å². The van der Waals surface area contributed by atoms with Crippen LogP contribution in [-0.4, -0.2) is 42.5 Å². The summed E-state index contributed by atoms with van der Waals surface area (Å²) in [5, 5.41) is 8.69. The van der Waals surface area contributed by atoms with Crippen molar-refractivity contribution in [3.63, 3.8) is 0 Å². The van der Waals surface area contributed by atoms with E-state index in [-0.39, 0.29) is 31.2 Å². The molecule has 7 heteroatoms. The van der Waals surface area contributed by atoms with E-state index in [0.717, 1.165) is 5.56 Å². The molecule has 0 saturated heterocycles. The average Bonchev–Trinajstić information content (AvgIpc) is 2.36. The quantitative estimate of drug-likeness (QED) is 0.871. The Labute approximate surface area is 114 Å². The lowest BCUT2D eigenvalue weighted by Gasteiger charge is -2.15. The second kappa shape index (κ2) is 7.14. The molecule has 112 valence electrons. The minimum atomic E-state index is -4.70. The molecule has 1 N–H and O–H groups in total. The highest BCUT2D eigenvalue weighted by molar-refractivity contribution is 5.76. The first-order valence-corrected chi connectivity index (χ1v) is 6.01. The number of rotatable bonds is 6. The lowest BCUT2D eigenvalue weighted by Crippen LogP contribution is -2.29. The molecule has 0 unspecified atom stereocenters. The number of nitrogens with zero attached hydrogens (tertiary/aromatic N) is 1. The normalized spacial score (nSPS) is 11.2. The number of aliphatic hydroxyl groups excluding tert-OH is 1. The number of carbonyl (C=O) groups excluding carboxylic acids is 1. The van der Waals surface area contributed by atoms with Crippen LogP contribution in [0.4, 0.5) is 13.2 Å². The third-order valence-corrected chi connectivity index (χ3v) is 2.65. The predicted octanol–water partition coefficient (Wildman–Crippen LogP) is 1.97. The van der Waals surface area contributed by atoms with Crippen molar-refractivity contribution in [3.8, 4) is 5.75 Å². The van der Waals surface area contributed by atoms with Crippen LogP contribution in [0.15, 0.2) is 24.3 Å². The maximum absolute atomic E-state index is 12.0. The zero-order valence-electron chi connectivity index (χ0n) is 11.0. The lowest BCUT2D eigenvalue weighted by molar-refractivity contribution is -0.274. The molecule has 0 aliphatic rings. The second-order valence-electron chi connectivity index (χ2n) is 4.23. The van der Waals surface area contributed by atoms with Crippen LogP contribution in [0.5, 0.6) is 5.75 Å². The number of benzene rings is 1. The number of hydrogen-bond donors (Lipinski definition) is 1. The zero-order chi connectivity index (χ0) is 15.2. The molecule has 0 atom stereocenters. The number of halogens is 3. The minimum Gasteiger partial charge on any atom is -0.406 e. The number of hydrogen-bond acceptors (Lipinski definition) is 3. The van der Waals surface area contributed by atoms with Crippen molar-refractivity contribution in [2.45, 2.75) is 19.2 Å². The summed E-state index contributed by atoms with van der Waals surface area (Å²) >= 11 is 0. The van der Waals surface area contributed by atoms with Gasteiger partial charge in [0.2, 0.25) is 5.91 Å². The summed E-state index contributed by atoms with van der Waals surface area (Å²) in [6, 6.07) is 5.40. The van der Waals surface area contributed by atoms with Crippen molar-refractivity contribution in [2.75, 3.05) is 20.2 Å². The van der Waals surface area contributed by atoms with Gasteiger partial charge >= 0.3 is 6.36 Å². The van der Waals surface area contributed by atoms with Crippen molar-refractivity contribution in [1.82, 2.24) is 4.90 Å². The van der Waals surface area contributed by atoms with Crippen LogP contribution in [0.1, 0.15) is 12.0 Å². The van der Waals surface area contributed by atoms with Gasteiger partial charge < -0.3 is 14.7 Å². The second-order valence-corrected chi connectivity index (χ2v) is 4.23. The Morgan fingerprint density at radius 2 is 1.90 bits per heavy atom. The molecular formula is C13H16F3NO3. The molecule has 4 nitrogen and oxygen atoms in total. The predicted molar refractivity (Wildman–Crippen MR) is 66.2 cm³/mol. The monoisotopic (exact) mass is 291 g/mol. The van der Waals surface area contributed by atoms with E-state index in [1.165, 1.54) is 29.2 Å². The Hall–Kier alpha value is -1.76. The average molecular weight is 291 g/mol. The highest BCUT2D eigenvalue weighted by Crippen LogP contribution is 2.23. The van der Waals surface area contributed by atoms with E-state index in [2.05, 4.69) is 4.74 Å². The van der Waals surface area contributed by atoms with Gasteiger partial charge in [-0.15, -0.1) is 13.2 Å². The SMILES string of the molecule is CN(CCO)C(=O)CCc1ccc(OC(F)(F)F)cc1. The van der Waals surface area contributed by atoms with Gasteiger partial charge in [-0.05, 0) is 24.1 Å². The number of alkyl halides is 3. The summed E-state index contributed by atoms with van der Waals surface area (Å²) in [4.78, 5) is 13.0. The molecule has 1 rings (SSSR count). The van der Waals surface area contributed by atoms with E-state index in [4.69, 9.17) is 5.11 Å². The molecule has 0 spiro atoms. The molecule has 0 bridgehead atoms. The van der Waals surface area contributed by atoms with Crippen LogP contribution in [-0.2, 0) is 11.2 Å². The minimum absolute atomic E-state index is 0.105. The van der Waals surface area contributed by atoms with Crippen LogP contribution in [0.2, 0.25) is 0 Å². The molecule has 0 heterocycles. The van der Waals surface area contributed by atoms with E-state index in [9.17, 15) is 18.0 Å². The molecule has 1 aromatic rings. The first-order chi connectivity index (χ1) is 9.31. The maximum atomic E-state index is 12.0. The number of amides is 1. The molecule has 0 aliphatic heterocycles. The molecule has 0 aromatic heterocycles. The fourth-order valence-corrected chi connectivity index (χ4v) is 1.57. The van der Waals surface area contributed by atoms with Crippen LogP contribution in [0.3, 0.4) is 0 Å². The number of aliphatic hydroxyl groups is 1. The highest BCUT2D eigenvalue weighted by atomic mass is 19.4. The summed E-state index contributed by atoms with van der Waals surface area (Å²) < 4.78 is 39.6. The zero-order valence-corrected chi connectivity index (χ0v) is 11.0. The van der Waals surface area contributed by atoms with Crippen molar-refractivity contribution >= 4 is 5.91 Å². The summed E-state index contributed by atoms with van der Waals surface area (Å²) in [5.74, 6) is -0.417. The Morgan fingerprint density at radius 3 is 2.40 bits per heavy atom. The third kappa shape index (κ3) is 5.92. The number of aryl methyl sites for hydroxylation is 1.